The number of pyridine rings is 1. The number of rotatable bonds is 8. The highest BCUT2D eigenvalue weighted by Crippen LogP contribution is 2.09. The van der Waals surface area contributed by atoms with Gasteiger partial charge < -0.3 is 15.5 Å². The first kappa shape index (κ1) is 17.9. The van der Waals surface area contributed by atoms with Crippen LogP contribution in [0.15, 0.2) is 42.6 Å². The van der Waals surface area contributed by atoms with E-state index in [4.69, 9.17) is 0 Å². The third-order valence-corrected chi connectivity index (χ3v) is 3.69. The van der Waals surface area contributed by atoms with E-state index in [9.17, 15) is 4.79 Å². The van der Waals surface area contributed by atoms with E-state index < -0.39 is 0 Å². The third-order valence-electron chi connectivity index (χ3n) is 3.69. The number of benzene rings is 1. The van der Waals surface area contributed by atoms with Crippen LogP contribution in [0, 0.1) is 6.92 Å². The van der Waals surface area contributed by atoms with E-state index in [1.807, 2.05) is 20.2 Å². The maximum atomic E-state index is 12.0. The van der Waals surface area contributed by atoms with Crippen molar-refractivity contribution in [1.29, 1.82) is 0 Å². The number of nitrogens with one attached hydrogen (secondary N) is 2. The molecule has 0 bridgehead atoms. The molecule has 0 radical (unpaired) electrons. The van der Waals surface area contributed by atoms with Crippen molar-refractivity contribution in [3.05, 3.63) is 59.3 Å². The highest BCUT2D eigenvalue weighted by molar-refractivity contribution is 5.94. The molecule has 0 unspecified atom stereocenters. The second-order valence-corrected chi connectivity index (χ2v) is 6.18. The van der Waals surface area contributed by atoms with Crippen LogP contribution in [0.25, 0.3) is 0 Å². The van der Waals surface area contributed by atoms with Crippen LogP contribution >= 0.6 is 0 Å². The van der Waals surface area contributed by atoms with Crippen molar-refractivity contribution in [2.45, 2.75) is 19.9 Å². The minimum atomic E-state index is -0.0775. The molecule has 0 saturated heterocycles. The molecule has 0 saturated carbocycles. The zero-order valence-corrected chi connectivity index (χ0v) is 14.7. The molecule has 24 heavy (non-hydrogen) atoms. The van der Waals surface area contributed by atoms with E-state index in [-0.39, 0.29) is 5.91 Å². The second kappa shape index (κ2) is 9.03. The van der Waals surface area contributed by atoms with Gasteiger partial charge in [0, 0.05) is 19.3 Å². The number of nitrogens with zero attached hydrogens (tertiary/aromatic N) is 2. The largest absolute Gasteiger partial charge is 0.366 e. The molecular weight excluding hydrogens is 300 g/mol. The Bertz CT molecular complexity index is 635. The predicted octanol–water partition coefficient (Wildman–Crippen LogP) is 2.68. The molecule has 5 heteroatoms. The van der Waals surface area contributed by atoms with Gasteiger partial charge in [0.15, 0.2) is 0 Å². The van der Waals surface area contributed by atoms with Crippen molar-refractivity contribution in [3.63, 3.8) is 0 Å². The summed E-state index contributed by atoms with van der Waals surface area (Å²) in [5, 5.41) is 6.17. The third kappa shape index (κ3) is 6.01. The minimum Gasteiger partial charge on any atom is -0.366 e. The first-order chi connectivity index (χ1) is 11.5. The lowest BCUT2D eigenvalue weighted by molar-refractivity contribution is 0.0952. The van der Waals surface area contributed by atoms with Gasteiger partial charge in [-0.1, -0.05) is 29.8 Å². The fourth-order valence-corrected chi connectivity index (χ4v) is 2.23. The summed E-state index contributed by atoms with van der Waals surface area (Å²) < 4.78 is 0. The Morgan fingerprint density at radius 1 is 1.12 bits per heavy atom. The topological polar surface area (TPSA) is 57.3 Å². The molecule has 2 aromatic rings. The first-order valence-electron chi connectivity index (χ1n) is 8.23. The maximum absolute atomic E-state index is 12.0. The Balaban J connectivity index is 1.79. The molecule has 1 aromatic heterocycles. The van der Waals surface area contributed by atoms with Crippen molar-refractivity contribution in [2.75, 3.05) is 32.5 Å². The second-order valence-electron chi connectivity index (χ2n) is 6.18. The molecule has 0 aliphatic carbocycles. The Morgan fingerprint density at radius 3 is 2.50 bits per heavy atom. The number of aryl methyl sites for hydroxylation is 1. The van der Waals surface area contributed by atoms with E-state index in [2.05, 4.69) is 51.7 Å². The summed E-state index contributed by atoms with van der Waals surface area (Å²) in [6.45, 7) is 4.41. The zero-order valence-electron chi connectivity index (χ0n) is 14.7. The van der Waals surface area contributed by atoms with Gasteiger partial charge in [0.05, 0.1) is 5.56 Å². The van der Waals surface area contributed by atoms with Crippen molar-refractivity contribution >= 4 is 11.7 Å². The monoisotopic (exact) mass is 326 g/mol. The lowest BCUT2D eigenvalue weighted by Gasteiger charge is -2.10. The molecule has 5 nitrogen and oxygen atoms in total. The lowest BCUT2D eigenvalue weighted by Crippen LogP contribution is -2.27. The van der Waals surface area contributed by atoms with Gasteiger partial charge in [-0.2, -0.15) is 0 Å². The van der Waals surface area contributed by atoms with Crippen LogP contribution in [-0.2, 0) is 6.54 Å². The normalized spacial score (nSPS) is 10.7. The van der Waals surface area contributed by atoms with E-state index >= 15 is 0 Å². The number of hydrogen-bond acceptors (Lipinski definition) is 4. The van der Waals surface area contributed by atoms with Crippen molar-refractivity contribution in [1.82, 2.24) is 15.2 Å². The smallest absolute Gasteiger partial charge is 0.252 e. The summed E-state index contributed by atoms with van der Waals surface area (Å²) >= 11 is 0. The van der Waals surface area contributed by atoms with E-state index in [0.29, 0.717) is 18.7 Å². The van der Waals surface area contributed by atoms with Crippen LogP contribution in [0.2, 0.25) is 0 Å². The maximum Gasteiger partial charge on any atom is 0.252 e. The molecule has 0 aliphatic heterocycles. The van der Waals surface area contributed by atoms with Gasteiger partial charge in [0.1, 0.15) is 5.82 Å². The summed E-state index contributed by atoms with van der Waals surface area (Å²) in [5.41, 5.74) is 3.03. The van der Waals surface area contributed by atoms with Gasteiger partial charge in [0.2, 0.25) is 0 Å². The molecule has 1 amide bonds. The summed E-state index contributed by atoms with van der Waals surface area (Å²) in [5.74, 6) is 0.686. The molecule has 0 fully saturated rings. The number of hydrogen-bond donors (Lipinski definition) is 2. The summed E-state index contributed by atoms with van der Waals surface area (Å²) in [7, 11) is 4.04. The Hall–Kier alpha value is -2.40. The molecule has 0 aliphatic rings. The Morgan fingerprint density at radius 2 is 1.88 bits per heavy atom. The number of aromatic nitrogens is 1. The highest BCUT2D eigenvalue weighted by atomic mass is 16.1. The van der Waals surface area contributed by atoms with Gasteiger partial charge in [-0.3, -0.25) is 4.79 Å². The van der Waals surface area contributed by atoms with Crippen LogP contribution in [0.1, 0.15) is 27.9 Å². The molecule has 2 rings (SSSR count). The fraction of sp³-hybridized carbons (Fsp3) is 0.368. The average Bonchev–Trinajstić information content (AvgIpc) is 2.58. The van der Waals surface area contributed by atoms with Crippen LogP contribution < -0.4 is 10.6 Å². The van der Waals surface area contributed by atoms with Crippen LogP contribution in [0.4, 0.5) is 5.82 Å². The SMILES string of the molecule is Cc1ccc(CNc2ccc(C(=O)NCCCN(C)C)cn2)cc1. The molecule has 0 atom stereocenters. The zero-order chi connectivity index (χ0) is 17.4. The van der Waals surface area contributed by atoms with Crippen molar-refractivity contribution < 1.29 is 4.79 Å². The molecule has 1 heterocycles. The fourth-order valence-electron chi connectivity index (χ4n) is 2.23. The van der Waals surface area contributed by atoms with Gasteiger partial charge >= 0.3 is 0 Å². The van der Waals surface area contributed by atoms with Crippen LogP contribution in [0.3, 0.4) is 0 Å². The number of carbonyl (C=O) groups excluding carboxylic acids is 1. The molecular formula is C19H26N4O. The van der Waals surface area contributed by atoms with E-state index in [1.165, 1.54) is 11.1 Å². The molecule has 2 N–H and O–H groups in total. The van der Waals surface area contributed by atoms with Crippen LogP contribution in [-0.4, -0.2) is 43.0 Å². The summed E-state index contributed by atoms with van der Waals surface area (Å²) in [4.78, 5) is 18.4. The van der Waals surface area contributed by atoms with Gasteiger partial charge in [-0.15, -0.1) is 0 Å². The average molecular weight is 326 g/mol. The quantitative estimate of drug-likeness (QED) is 0.732. The van der Waals surface area contributed by atoms with Gasteiger partial charge in [-0.05, 0) is 51.7 Å². The first-order valence-corrected chi connectivity index (χ1v) is 8.23. The molecule has 1 aromatic carbocycles. The van der Waals surface area contributed by atoms with Crippen molar-refractivity contribution in [3.8, 4) is 0 Å². The standard InChI is InChI=1S/C19H26N4O/c1-15-5-7-16(8-6-15)13-21-18-10-9-17(14-22-18)19(24)20-11-4-12-23(2)3/h5-10,14H,4,11-13H2,1-3H3,(H,20,24)(H,21,22). The number of amides is 1. The number of anilines is 1. The van der Waals surface area contributed by atoms with Gasteiger partial charge in [0.25, 0.3) is 5.91 Å². The Labute approximate surface area is 144 Å². The number of carbonyl (C=O) groups is 1. The van der Waals surface area contributed by atoms with Gasteiger partial charge in [-0.25, -0.2) is 4.98 Å². The lowest BCUT2D eigenvalue weighted by atomic mass is 10.1. The predicted molar refractivity (Wildman–Crippen MR) is 98.2 cm³/mol. The summed E-state index contributed by atoms with van der Waals surface area (Å²) in [6, 6.07) is 12.0. The molecule has 128 valence electrons. The van der Waals surface area contributed by atoms with E-state index in [1.54, 1.807) is 12.3 Å². The Kier molecular flexibility index (Phi) is 6.75. The molecule has 0 spiro atoms. The van der Waals surface area contributed by atoms with Crippen LogP contribution in [0.5, 0.6) is 0 Å². The minimum absolute atomic E-state index is 0.0775. The highest BCUT2D eigenvalue weighted by Gasteiger charge is 2.05. The van der Waals surface area contributed by atoms with Crippen molar-refractivity contribution in [2.24, 2.45) is 0 Å². The van der Waals surface area contributed by atoms with E-state index in [0.717, 1.165) is 18.8 Å². The summed E-state index contributed by atoms with van der Waals surface area (Å²) in [6.07, 6.45) is 2.54.